The van der Waals surface area contributed by atoms with Gasteiger partial charge in [-0.25, -0.2) is 9.97 Å². The van der Waals surface area contributed by atoms with E-state index in [1.54, 1.807) is 0 Å². The van der Waals surface area contributed by atoms with Crippen LogP contribution in [0.5, 0.6) is 0 Å². The monoisotopic (exact) mass is 250 g/mol. The Labute approximate surface area is 104 Å². The van der Waals surface area contributed by atoms with E-state index in [2.05, 4.69) is 15.3 Å². The van der Waals surface area contributed by atoms with E-state index in [0.29, 0.717) is 11.9 Å². The summed E-state index contributed by atoms with van der Waals surface area (Å²) in [5, 5.41) is 13.7. The third kappa shape index (κ3) is 2.26. The third-order valence-electron chi connectivity index (χ3n) is 3.39. The number of rotatable bonds is 4. The highest BCUT2D eigenvalue weighted by atomic mass is 16.6. The number of nitro groups is 1. The fourth-order valence-corrected chi connectivity index (χ4v) is 2.31. The first-order chi connectivity index (χ1) is 8.74. The van der Waals surface area contributed by atoms with Crippen molar-refractivity contribution in [1.82, 2.24) is 9.97 Å². The Morgan fingerprint density at radius 1 is 1.33 bits per heavy atom. The van der Waals surface area contributed by atoms with E-state index in [-0.39, 0.29) is 17.8 Å². The molecule has 1 aromatic heterocycles. The zero-order valence-electron chi connectivity index (χ0n) is 9.78. The first-order valence-corrected chi connectivity index (χ1v) is 6.08. The molecule has 1 saturated carbocycles. The van der Waals surface area contributed by atoms with Crippen molar-refractivity contribution in [3.8, 4) is 0 Å². The van der Waals surface area contributed by atoms with E-state index in [1.165, 1.54) is 25.2 Å². The Hall–Kier alpha value is -1.76. The average Bonchev–Trinajstić information content (AvgIpc) is 3.11. The first kappa shape index (κ1) is 11.3. The van der Waals surface area contributed by atoms with Gasteiger partial charge in [-0.05, 0) is 25.2 Å². The molecule has 0 radical (unpaired) electrons. The lowest BCUT2D eigenvalue weighted by Crippen LogP contribution is -2.31. The maximum Gasteiger partial charge on any atom is 0.305 e. The van der Waals surface area contributed by atoms with Crippen LogP contribution in [0.15, 0.2) is 12.4 Å². The van der Waals surface area contributed by atoms with Crippen molar-refractivity contribution in [1.29, 1.82) is 0 Å². The molecule has 1 saturated heterocycles. The van der Waals surface area contributed by atoms with Gasteiger partial charge in [-0.3, -0.25) is 10.1 Å². The second-order valence-electron chi connectivity index (χ2n) is 4.73. The largest absolute Gasteiger partial charge is 0.376 e. The molecule has 2 unspecified atom stereocenters. The zero-order chi connectivity index (χ0) is 12.5. The van der Waals surface area contributed by atoms with Crippen molar-refractivity contribution in [3.05, 3.63) is 22.5 Å². The van der Waals surface area contributed by atoms with Crippen molar-refractivity contribution in [2.45, 2.75) is 31.4 Å². The molecule has 18 heavy (non-hydrogen) atoms. The molecule has 2 fully saturated rings. The van der Waals surface area contributed by atoms with Crippen LogP contribution in [0.2, 0.25) is 0 Å². The molecule has 1 aromatic rings. The molecular formula is C11H14N4O3. The average molecular weight is 250 g/mol. The summed E-state index contributed by atoms with van der Waals surface area (Å²) in [6.45, 7) is 0.756. The molecule has 1 aliphatic heterocycles. The molecule has 0 bridgehead atoms. The number of hydrogen-bond donors (Lipinski definition) is 1. The van der Waals surface area contributed by atoms with Crippen LogP contribution in [0.25, 0.3) is 0 Å². The molecule has 1 N–H and O–H groups in total. The molecule has 2 atom stereocenters. The van der Waals surface area contributed by atoms with Crippen molar-refractivity contribution in [3.63, 3.8) is 0 Å². The van der Waals surface area contributed by atoms with E-state index < -0.39 is 4.92 Å². The van der Waals surface area contributed by atoms with Crippen LogP contribution in [0.1, 0.15) is 19.3 Å². The Morgan fingerprint density at radius 2 is 2.06 bits per heavy atom. The summed E-state index contributed by atoms with van der Waals surface area (Å²) < 4.78 is 5.70. The second kappa shape index (κ2) is 4.49. The molecular weight excluding hydrogens is 236 g/mol. The Balaban J connectivity index is 1.66. The molecule has 2 aliphatic rings. The van der Waals surface area contributed by atoms with Crippen LogP contribution >= 0.6 is 0 Å². The molecule has 2 heterocycles. The third-order valence-corrected chi connectivity index (χ3v) is 3.39. The fourth-order valence-electron chi connectivity index (χ4n) is 2.31. The van der Waals surface area contributed by atoms with Gasteiger partial charge in [-0.15, -0.1) is 0 Å². The molecule has 96 valence electrons. The predicted octanol–water partition coefficient (Wildman–Crippen LogP) is 1.36. The summed E-state index contributed by atoms with van der Waals surface area (Å²) in [5.74, 6) is 1.09. The van der Waals surface area contributed by atoms with Gasteiger partial charge in [0.2, 0.25) is 5.95 Å². The van der Waals surface area contributed by atoms with Crippen LogP contribution in [-0.2, 0) is 4.74 Å². The first-order valence-electron chi connectivity index (χ1n) is 6.08. The summed E-state index contributed by atoms with van der Waals surface area (Å²) in [5.41, 5.74) is -0.0954. The van der Waals surface area contributed by atoms with E-state index in [4.69, 9.17) is 4.74 Å². The van der Waals surface area contributed by atoms with Gasteiger partial charge < -0.3 is 10.1 Å². The van der Waals surface area contributed by atoms with Gasteiger partial charge in [-0.1, -0.05) is 0 Å². The minimum absolute atomic E-state index is 0.0954. The Kier molecular flexibility index (Phi) is 2.83. The zero-order valence-corrected chi connectivity index (χ0v) is 9.78. The minimum Gasteiger partial charge on any atom is -0.376 e. The Morgan fingerprint density at radius 3 is 2.67 bits per heavy atom. The maximum atomic E-state index is 10.5. The van der Waals surface area contributed by atoms with E-state index in [9.17, 15) is 10.1 Å². The number of hydrogen-bond acceptors (Lipinski definition) is 6. The summed E-state index contributed by atoms with van der Waals surface area (Å²) in [4.78, 5) is 17.9. The lowest BCUT2D eigenvalue weighted by molar-refractivity contribution is -0.385. The summed E-state index contributed by atoms with van der Waals surface area (Å²) in [7, 11) is 0. The summed E-state index contributed by atoms with van der Waals surface area (Å²) in [6, 6.07) is 0.221. The maximum absolute atomic E-state index is 10.5. The lowest BCUT2D eigenvalue weighted by Gasteiger charge is -2.18. The summed E-state index contributed by atoms with van der Waals surface area (Å²) in [6.07, 6.45) is 6.06. The van der Waals surface area contributed by atoms with Crippen LogP contribution in [0, 0.1) is 16.0 Å². The topological polar surface area (TPSA) is 90.2 Å². The molecule has 3 rings (SSSR count). The number of nitrogens with zero attached hydrogens (tertiary/aromatic N) is 3. The van der Waals surface area contributed by atoms with Gasteiger partial charge in [0.05, 0.1) is 17.1 Å². The van der Waals surface area contributed by atoms with Gasteiger partial charge >= 0.3 is 5.69 Å². The standard InChI is InChI=1S/C11H14N4O3/c16-15(17)8-5-12-11(13-6-8)14-9-3-4-18-10(9)7-1-2-7/h5-7,9-10H,1-4H2,(H,12,13,14). The van der Waals surface area contributed by atoms with Crippen LogP contribution in [0.3, 0.4) is 0 Å². The SMILES string of the molecule is O=[N+]([O-])c1cnc(NC2CCOC2C2CC2)nc1. The van der Waals surface area contributed by atoms with Crippen molar-refractivity contribution >= 4 is 11.6 Å². The normalized spacial score (nSPS) is 27.1. The highest BCUT2D eigenvalue weighted by Crippen LogP contribution is 2.39. The molecule has 7 nitrogen and oxygen atoms in total. The molecule has 7 heteroatoms. The van der Waals surface area contributed by atoms with E-state index >= 15 is 0 Å². The van der Waals surface area contributed by atoms with Crippen LogP contribution < -0.4 is 5.32 Å². The molecule has 0 aromatic carbocycles. The lowest BCUT2D eigenvalue weighted by atomic mass is 10.1. The van der Waals surface area contributed by atoms with Gasteiger partial charge in [0, 0.05) is 6.61 Å². The number of aromatic nitrogens is 2. The van der Waals surface area contributed by atoms with Gasteiger partial charge in [0.25, 0.3) is 0 Å². The highest BCUT2D eigenvalue weighted by Gasteiger charge is 2.40. The van der Waals surface area contributed by atoms with E-state index in [1.807, 2.05) is 0 Å². The fraction of sp³-hybridized carbons (Fsp3) is 0.636. The second-order valence-corrected chi connectivity index (χ2v) is 4.73. The van der Waals surface area contributed by atoms with Crippen LogP contribution in [0.4, 0.5) is 11.6 Å². The molecule has 1 aliphatic carbocycles. The molecule has 0 spiro atoms. The van der Waals surface area contributed by atoms with E-state index in [0.717, 1.165) is 13.0 Å². The van der Waals surface area contributed by atoms with Gasteiger partial charge in [0.1, 0.15) is 12.4 Å². The van der Waals surface area contributed by atoms with Crippen LogP contribution in [-0.4, -0.2) is 33.6 Å². The summed E-state index contributed by atoms with van der Waals surface area (Å²) >= 11 is 0. The van der Waals surface area contributed by atoms with Crippen molar-refractivity contribution in [2.75, 3.05) is 11.9 Å². The highest BCUT2D eigenvalue weighted by molar-refractivity contribution is 5.32. The predicted molar refractivity (Wildman–Crippen MR) is 63.2 cm³/mol. The number of nitrogens with one attached hydrogen (secondary N) is 1. The molecule has 0 amide bonds. The van der Waals surface area contributed by atoms with Gasteiger partial charge in [-0.2, -0.15) is 0 Å². The van der Waals surface area contributed by atoms with Crippen molar-refractivity contribution < 1.29 is 9.66 Å². The minimum atomic E-state index is -0.505. The quantitative estimate of drug-likeness (QED) is 0.641. The van der Waals surface area contributed by atoms with Crippen molar-refractivity contribution in [2.24, 2.45) is 5.92 Å². The number of anilines is 1. The smallest absolute Gasteiger partial charge is 0.305 e. The van der Waals surface area contributed by atoms with Gasteiger partial charge in [0.15, 0.2) is 0 Å². The number of ether oxygens (including phenoxy) is 1. The Bertz CT molecular complexity index is 446.